The van der Waals surface area contributed by atoms with Crippen molar-refractivity contribution in [1.82, 2.24) is 0 Å². The molecule has 0 aromatic heterocycles. The maximum atomic E-state index is 12.2. The molecule has 4 heteroatoms. The van der Waals surface area contributed by atoms with Crippen molar-refractivity contribution in [2.45, 2.75) is 0 Å². The topological polar surface area (TPSA) is 66.4 Å². The zero-order valence-corrected chi connectivity index (χ0v) is 11.6. The van der Waals surface area contributed by atoms with Crippen LogP contribution in [0.15, 0.2) is 66.7 Å². The van der Waals surface area contributed by atoms with Crippen molar-refractivity contribution in [3.05, 3.63) is 77.9 Å². The van der Waals surface area contributed by atoms with Crippen molar-refractivity contribution in [3.8, 4) is 0 Å². The molecule has 0 aliphatic heterocycles. The maximum Gasteiger partial charge on any atom is 0.335 e. The lowest BCUT2D eigenvalue weighted by Crippen LogP contribution is -2.11. The number of amides is 1. The number of para-hydroxylation sites is 1. The van der Waals surface area contributed by atoms with E-state index in [0.717, 1.165) is 16.5 Å². The van der Waals surface area contributed by atoms with Crippen LogP contribution in [0.4, 0.5) is 5.69 Å². The minimum atomic E-state index is -0.965. The highest BCUT2D eigenvalue weighted by Gasteiger charge is 2.08. The Balaban J connectivity index is 1.90. The van der Waals surface area contributed by atoms with E-state index in [-0.39, 0.29) is 11.5 Å². The number of carboxylic acid groups (broad SMARTS) is 1. The first-order valence-electron chi connectivity index (χ1n) is 6.77. The van der Waals surface area contributed by atoms with E-state index in [1.807, 2.05) is 30.3 Å². The average Bonchev–Trinajstić information content (AvgIpc) is 2.54. The minimum Gasteiger partial charge on any atom is -0.478 e. The van der Waals surface area contributed by atoms with Crippen LogP contribution in [0.2, 0.25) is 0 Å². The molecule has 108 valence electrons. The molecule has 0 fully saturated rings. The Kier molecular flexibility index (Phi) is 3.58. The summed E-state index contributed by atoms with van der Waals surface area (Å²) in [5, 5.41) is 13.4. The minimum absolute atomic E-state index is 0.199. The number of carboxylic acids is 1. The fourth-order valence-corrected chi connectivity index (χ4v) is 2.24. The van der Waals surface area contributed by atoms with Crippen molar-refractivity contribution < 1.29 is 14.7 Å². The first kappa shape index (κ1) is 13.8. The third kappa shape index (κ3) is 2.81. The van der Waals surface area contributed by atoms with Crippen LogP contribution >= 0.6 is 0 Å². The van der Waals surface area contributed by atoms with Gasteiger partial charge in [0.25, 0.3) is 5.91 Å². The summed E-state index contributed by atoms with van der Waals surface area (Å²) in [4.78, 5) is 23.2. The molecule has 4 nitrogen and oxygen atoms in total. The summed E-state index contributed by atoms with van der Waals surface area (Å²) in [5.74, 6) is -1.16. The van der Waals surface area contributed by atoms with Gasteiger partial charge in [0, 0.05) is 11.3 Å². The molecule has 3 rings (SSSR count). The number of nitrogens with one attached hydrogen (secondary N) is 1. The van der Waals surface area contributed by atoms with Gasteiger partial charge in [0.05, 0.1) is 5.56 Å². The predicted octanol–water partition coefficient (Wildman–Crippen LogP) is 3.79. The van der Waals surface area contributed by atoms with Crippen molar-refractivity contribution in [2.24, 2.45) is 0 Å². The van der Waals surface area contributed by atoms with Crippen LogP contribution in [-0.4, -0.2) is 17.0 Å². The van der Waals surface area contributed by atoms with E-state index in [0.29, 0.717) is 5.56 Å². The van der Waals surface area contributed by atoms with Gasteiger partial charge in [-0.25, -0.2) is 4.79 Å². The fourth-order valence-electron chi connectivity index (χ4n) is 2.24. The molecule has 3 aromatic rings. The summed E-state index contributed by atoms with van der Waals surface area (Å²) < 4.78 is 0. The molecule has 2 N–H and O–H groups in total. The quantitative estimate of drug-likeness (QED) is 0.771. The monoisotopic (exact) mass is 291 g/mol. The molecule has 0 aliphatic rings. The smallest absolute Gasteiger partial charge is 0.335 e. The van der Waals surface area contributed by atoms with Crippen LogP contribution in [0.5, 0.6) is 0 Å². The number of anilines is 1. The number of carbonyl (C=O) groups is 2. The van der Waals surface area contributed by atoms with E-state index >= 15 is 0 Å². The van der Waals surface area contributed by atoms with Gasteiger partial charge in [-0.15, -0.1) is 0 Å². The number of aromatic carboxylic acids is 1. The summed E-state index contributed by atoms with van der Waals surface area (Å²) in [6.45, 7) is 0. The predicted molar refractivity (Wildman–Crippen MR) is 85.3 cm³/mol. The second-order valence-electron chi connectivity index (χ2n) is 4.90. The van der Waals surface area contributed by atoms with Crippen LogP contribution < -0.4 is 5.32 Å². The molecule has 0 aliphatic carbocycles. The van der Waals surface area contributed by atoms with Crippen LogP contribution in [0, 0.1) is 0 Å². The van der Waals surface area contributed by atoms with Gasteiger partial charge in [0.2, 0.25) is 0 Å². The third-order valence-electron chi connectivity index (χ3n) is 3.38. The van der Waals surface area contributed by atoms with Gasteiger partial charge in [-0.1, -0.05) is 30.3 Å². The van der Waals surface area contributed by atoms with Gasteiger partial charge in [-0.2, -0.15) is 0 Å². The highest BCUT2D eigenvalue weighted by atomic mass is 16.4. The molecule has 22 heavy (non-hydrogen) atoms. The number of hydrogen-bond donors (Lipinski definition) is 2. The van der Waals surface area contributed by atoms with Gasteiger partial charge in [-0.05, 0) is 47.2 Å². The molecular formula is C18H13NO3. The summed E-state index contributed by atoms with van der Waals surface area (Å²) in [5.41, 5.74) is 1.49. The number of benzene rings is 3. The lowest BCUT2D eigenvalue weighted by atomic mass is 10.0. The van der Waals surface area contributed by atoms with Crippen LogP contribution in [-0.2, 0) is 0 Å². The van der Waals surface area contributed by atoms with E-state index in [1.165, 1.54) is 6.07 Å². The molecule has 0 unspecified atom stereocenters. The second kappa shape index (κ2) is 5.69. The van der Waals surface area contributed by atoms with Gasteiger partial charge >= 0.3 is 5.97 Å². The first-order chi connectivity index (χ1) is 10.6. The second-order valence-corrected chi connectivity index (χ2v) is 4.90. The fraction of sp³-hybridized carbons (Fsp3) is 0. The molecule has 1 amide bonds. The summed E-state index contributed by atoms with van der Waals surface area (Å²) >= 11 is 0. The summed E-state index contributed by atoms with van der Waals surface area (Å²) in [6.07, 6.45) is 0. The lowest BCUT2D eigenvalue weighted by molar-refractivity contribution is 0.0697. The lowest BCUT2D eigenvalue weighted by Gasteiger charge is -2.06. The van der Waals surface area contributed by atoms with Crippen molar-refractivity contribution >= 4 is 28.3 Å². The highest BCUT2D eigenvalue weighted by molar-refractivity contribution is 6.06. The zero-order chi connectivity index (χ0) is 15.5. The number of rotatable bonds is 3. The van der Waals surface area contributed by atoms with E-state index in [4.69, 9.17) is 5.11 Å². The Bertz CT molecular complexity index is 857. The number of hydrogen-bond acceptors (Lipinski definition) is 2. The molecule has 0 radical (unpaired) electrons. The molecule has 0 bridgehead atoms. The van der Waals surface area contributed by atoms with Gasteiger partial charge in [0.1, 0.15) is 0 Å². The summed E-state index contributed by atoms with van der Waals surface area (Å²) in [6, 6.07) is 19.2. The highest BCUT2D eigenvalue weighted by Crippen LogP contribution is 2.19. The Morgan fingerprint density at radius 2 is 1.36 bits per heavy atom. The van der Waals surface area contributed by atoms with Crippen LogP contribution in [0.25, 0.3) is 10.8 Å². The van der Waals surface area contributed by atoms with Crippen LogP contribution in [0.1, 0.15) is 20.7 Å². The Hall–Kier alpha value is -3.14. The van der Waals surface area contributed by atoms with Crippen molar-refractivity contribution in [2.75, 3.05) is 5.32 Å². The van der Waals surface area contributed by atoms with Gasteiger partial charge < -0.3 is 10.4 Å². The van der Waals surface area contributed by atoms with E-state index in [2.05, 4.69) is 5.32 Å². The number of carbonyl (C=O) groups excluding carboxylic acids is 1. The molecule has 0 saturated carbocycles. The van der Waals surface area contributed by atoms with Crippen molar-refractivity contribution in [3.63, 3.8) is 0 Å². The SMILES string of the molecule is O=C(O)c1ccc2cc(C(=O)Nc3ccccc3)ccc2c1. The first-order valence-corrected chi connectivity index (χ1v) is 6.77. The Morgan fingerprint density at radius 3 is 2.00 bits per heavy atom. The average molecular weight is 291 g/mol. The van der Waals surface area contributed by atoms with E-state index in [1.54, 1.807) is 30.3 Å². The third-order valence-corrected chi connectivity index (χ3v) is 3.38. The molecule has 0 heterocycles. The van der Waals surface area contributed by atoms with Crippen LogP contribution in [0.3, 0.4) is 0 Å². The Morgan fingerprint density at radius 1 is 0.773 bits per heavy atom. The largest absolute Gasteiger partial charge is 0.478 e. The molecule has 3 aromatic carbocycles. The van der Waals surface area contributed by atoms with E-state index < -0.39 is 5.97 Å². The van der Waals surface area contributed by atoms with E-state index in [9.17, 15) is 9.59 Å². The van der Waals surface area contributed by atoms with Gasteiger partial charge in [-0.3, -0.25) is 4.79 Å². The normalized spacial score (nSPS) is 10.4. The molecular weight excluding hydrogens is 278 g/mol. The number of fused-ring (bicyclic) bond motifs is 1. The Labute approximate surface area is 127 Å². The molecule has 0 atom stereocenters. The maximum absolute atomic E-state index is 12.2. The zero-order valence-electron chi connectivity index (χ0n) is 11.6. The standard InChI is InChI=1S/C18H13NO3/c20-17(19-16-4-2-1-3-5-16)14-8-6-13-11-15(18(21)22)9-7-12(13)10-14/h1-11H,(H,19,20)(H,21,22). The molecule has 0 saturated heterocycles. The van der Waals surface area contributed by atoms with Gasteiger partial charge in [0.15, 0.2) is 0 Å². The summed E-state index contributed by atoms with van der Waals surface area (Å²) in [7, 11) is 0. The van der Waals surface area contributed by atoms with Crippen molar-refractivity contribution in [1.29, 1.82) is 0 Å². The molecule has 0 spiro atoms.